The standard InChI is InChI=1S/C45H84O10/c1-3-5-7-9-11-13-15-16-17-18-19-20-21-22-23-24-26-27-29-31-33-40(47)52-36-38(37-53-45-44(51)43(50)42(49)39(35-46)55-45)54-41(48)34-32-30-28-25-14-12-10-8-6-4-2/h8,10,38-39,42-46,49-51H,3-7,9,11-37H2,1-2H3/b10-8-. The van der Waals surface area contributed by atoms with Gasteiger partial charge in [0.1, 0.15) is 31.0 Å². The van der Waals surface area contributed by atoms with Crippen LogP contribution in [-0.2, 0) is 28.5 Å². The lowest BCUT2D eigenvalue weighted by atomic mass is 9.99. The second kappa shape index (κ2) is 36.8. The molecule has 324 valence electrons. The fraction of sp³-hybridized carbons (Fsp3) is 0.911. The first-order valence-electron chi connectivity index (χ1n) is 22.8. The van der Waals surface area contributed by atoms with E-state index in [9.17, 15) is 30.0 Å². The van der Waals surface area contributed by atoms with Crippen LogP contribution >= 0.6 is 0 Å². The molecule has 0 aromatic heterocycles. The molecule has 0 amide bonds. The Balaban J connectivity index is 2.25. The first-order chi connectivity index (χ1) is 26.8. The molecular formula is C45H84O10. The lowest BCUT2D eigenvalue weighted by Gasteiger charge is -2.39. The van der Waals surface area contributed by atoms with E-state index in [2.05, 4.69) is 26.0 Å². The highest BCUT2D eigenvalue weighted by atomic mass is 16.7. The predicted molar refractivity (Wildman–Crippen MR) is 220 cm³/mol. The van der Waals surface area contributed by atoms with Crippen LogP contribution in [0.15, 0.2) is 12.2 Å². The van der Waals surface area contributed by atoms with Gasteiger partial charge in [0, 0.05) is 12.8 Å². The van der Waals surface area contributed by atoms with E-state index in [0.717, 1.165) is 64.2 Å². The Morgan fingerprint density at radius 3 is 1.49 bits per heavy atom. The smallest absolute Gasteiger partial charge is 0.306 e. The van der Waals surface area contributed by atoms with E-state index in [-0.39, 0.29) is 32.0 Å². The molecule has 10 heteroatoms. The van der Waals surface area contributed by atoms with Gasteiger partial charge in [-0.1, -0.05) is 174 Å². The third kappa shape index (κ3) is 28.5. The zero-order chi connectivity index (χ0) is 40.2. The molecule has 55 heavy (non-hydrogen) atoms. The van der Waals surface area contributed by atoms with Crippen molar-refractivity contribution in [3.8, 4) is 0 Å². The molecule has 6 atom stereocenters. The number of aliphatic hydroxyl groups is 4. The fourth-order valence-corrected chi connectivity index (χ4v) is 7.02. The zero-order valence-electron chi connectivity index (χ0n) is 35.2. The highest BCUT2D eigenvalue weighted by Gasteiger charge is 2.44. The summed E-state index contributed by atoms with van der Waals surface area (Å²) >= 11 is 0. The molecule has 1 aliphatic heterocycles. The number of unbranched alkanes of at least 4 members (excludes halogenated alkanes) is 25. The number of carbonyl (C=O) groups excluding carboxylic acids is 2. The minimum Gasteiger partial charge on any atom is -0.462 e. The molecule has 10 nitrogen and oxygen atoms in total. The molecule has 1 fully saturated rings. The third-order valence-electron chi connectivity index (χ3n) is 10.6. The van der Waals surface area contributed by atoms with Crippen molar-refractivity contribution in [2.24, 2.45) is 0 Å². The predicted octanol–water partition coefficient (Wildman–Crippen LogP) is 9.56. The Hall–Kier alpha value is -1.56. The van der Waals surface area contributed by atoms with Gasteiger partial charge >= 0.3 is 11.9 Å². The molecule has 0 bridgehead atoms. The summed E-state index contributed by atoms with van der Waals surface area (Å²) in [4.78, 5) is 25.2. The van der Waals surface area contributed by atoms with Crippen LogP contribution in [0, 0.1) is 0 Å². The Morgan fingerprint density at radius 2 is 1.00 bits per heavy atom. The maximum absolute atomic E-state index is 12.7. The zero-order valence-corrected chi connectivity index (χ0v) is 35.2. The van der Waals surface area contributed by atoms with Gasteiger partial charge in [-0.15, -0.1) is 0 Å². The quantitative estimate of drug-likeness (QED) is 0.0271. The number of hydrogen-bond donors (Lipinski definition) is 4. The van der Waals surface area contributed by atoms with Crippen molar-refractivity contribution in [1.82, 2.24) is 0 Å². The van der Waals surface area contributed by atoms with Crippen molar-refractivity contribution >= 4 is 11.9 Å². The number of carbonyl (C=O) groups is 2. The van der Waals surface area contributed by atoms with Gasteiger partial charge in [-0.3, -0.25) is 9.59 Å². The summed E-state index contributed by atoms with van der Waals surface area (Å²) in [6, 6.07) is 0. The van der Waals surface area contributed by atoms with Crippen molar-refractivity contribution in [3.05, 3.63) is 12.2 Å². The number of rotatable bonds is 38. The van der Waals surface area contributed by atoms with E-state index in [1.165, 1.54) is 109 Å². The van der Waals surface area contributed by atoms with Crippen LogP contribution in [0.5, 0.6) is 0 Å². The lowest BCUT2D eigenvalue weighted by molar-refractivity contribution is -0.305. The van der Waals surface area contributed by atoms with Crippen LogP contribution < -0.4 is 0 Å². The van der Waals surface area contributed by atoms with Crippen molar-refractivity contribution in [2.45, 2.75) is 243 Å². The van der Waals surface area contributed by atoms with Crippen LogP contribution in [0.4, 0.5) is 0 Å². The van der Waals surface area contributed by atoms with E-state index in [1.807, 2.05) is 0 Å². The first kappa shape index (κ1) is 51.5. The van der Waals surface area contributed by atoms with Gasteiger partial charge in [0.2, 0.25) is 0 Å². The highest BCUT2D eigenvalue weighted by Crippen LogP contribution is 2.23. The van der Waals surface area contributed by atoms with Gasteiger partial charge in [0.15, 0.2) is 12.4 Å². The summed E-state index contributed by atoms with van der Waals surface area (Å²) in [6.45, 7) is 3.37. The summed E-state index contributed by atoms with van der Waals surface area (Å²) in [5.74, 6) is -0.809. The third-order valence-corrected chi connectivity index (χ3v) is 10.6. The van der Waals surface area contributed by atoms with E-state index < -0.39 is 49.4 Å². The van der Waals surface area contributed by atoms with E-state index in [1.54, 1.807) is 0 Å². The molecule has 0 saturated carbocycles. The van der Waals surface area contributed by atoms with Gasteiger partial charge in [0.05, 0.1) is 13.2 Å². The first-order valence-corrected chi connectivity index (χ1v) is 22.8. The molecule has 0 aromatic carbocycles. The largest absolute Gasteiger partial charge is 0.462 e. The highest BCUT2D eigenvalue weighted by molar-refractivity contribution is 5.70. The monoisotopic (exact) mass is 785 g/mol. The molecule has 1 saturated heterocycles. The maximum Gasteiger partial charge on any atom is 0.306 e. The molecule has 1 rings (SSSR count). The molecular weight excluding hydrogens is 700 g/mol. The summed E-state index contributed by atoms with van der Waals surface area (Å²) < 4.78 is 22.1. The minimum atomic E-state index is -1.59. The van der Waals surface area contributed by atoms with Gasteiger partial charge in [-0.2, -0.15) is 0 Å². The van der Waals surface area contributed by atoms with Crippen LogP contribution in [-0.4, -0.2) is 89.0 Å². The molecule has 0 spiro atoms. The number of esters is 2. The van der Waals surface area contributed by atoms with Crippen molar-refractivity contribution in [2.75, 3.05) is 19.8 Å². The topological polar surface area (TPSA) is 152 Å². The fourth-order valence-electron chi connectivity index (χ4n) is 7.02. The average molecular weight is 785 g/mol. The van der Waals surface area contributed by atoms with Crippen LogP contribution in [0.1, 0.15) is 206 Å². The molecule has 0 aliphatic carbocycles. The van der Waals surface area contributed by atoms with Crippen LogP contribution in [0.25, 0.3) is 0 Å². The number of aliphatic hydroxyl groups excluding tert-OH is 4. The van der Waals surface area contributed by atoms with E-state index in [4.69, 9.17) is 18.9 Å². The second-order valence-electron chi connectivity index (χ2n) is 15.9. The van der Waals surface area contributed by atoms with Crippen molar-refractivity contribution < 1.29 is 49.0 Å². The summed E-state index contributed by atoms with van der Waals surface area (Å²) in [5, 5.41) is 40.0. The normalized spacial score (nSPS) is 20.6. The summed E-state index contributed by atoms with van der Waals surface area (Å²) in [5.41, 5.74) is 0. The van der Waals surface area contributed by atoms with Gasteiger partial charge in [0.25, 0.3) is 0 Å². The number of ether oxygens (including phenoxy) is 4. The second-order valence-corrected chi connectivity index (χ2v) is 15.9. The molecule has 0 aromatic rings. The van der Waals surface area contributed by atoms with Crippen molar-refractivity contribution in [1.29, 1.82) is 0 Å². The van der Waals surface area contributed by atoms with Gasteiger partial charge in [-0.25, -0.2) is 0 Å². The molecule has 4 N–H and O–H groups in total. The molecule has 6 unspecified atom stereocenters. The minimum absolute atomic E-state index is 0.216. The van der Waals surface area contributed by atoms with E-state index >= 15 is 0 Å². The molecule has 1 aliphatic rings. The summed E-state index contributed by atoms with van der Waals surface area (Å²) in [6.07, 6.45) is 30.9. The number of hydrogen-bond acceptors (Lipinski definition) is 10. The number of allylic oxidation sites excluding steroid dienone is 2. The Bertz CT molecular complexity index is 912. The van der Waals surface area contributed by atoms with Crippen LogP contribution in [0.2, 0.25) is 0 Å². The maximum atomic E-state index is 12.7. The van der Waals surface area contributed by atoms with E-state index in [0.29, 0.717) is 6.42 Å². The molecule has 0 radical (unpaired) electrons. The molecule has 1 heterocycles. The summed E-state index contributed by atoms with van der Waals surface area (Å²) in [7, 11) is 0. The van der Waals surface area contributed by atoms with Gasteiger partial charge in [-0.05, 0) is 32.1 Å². The Labute approximate surface area is 335 Å². The SMILES string of the molecule is CCC/C=C\CCCCCCCC(=O)OC(COC(=O)CCCCCCCCCCCCCCCCCCCCCC)COC1OC(CO)C(O)C(O)C1O. The Kier molecular flexibility index (Phi) is 34.4. The van der Waals surface area contributed by atoms with Crippen LogP contribution in [0.3, 0.4) is 0 Å². The average Bonchev–Trinajstić information content (AvgIpc) is 3.18. The lowest BCUT2D eigenvalue weighted by Crippen LogP contribution is -2.59. The van der Waals surface area contributed by atoms with Crippen molar-refractivity contribution in [3.63, 3.8) is 0 Å². The Morgan fingerprint density at radius 1 is 0.545 bits per heavy atom. The van der Waals surface area contributed by atoms with Gasteiger partial charge < -0.3 is 39.4 Å².